The summed E-state index contributed by atoms with van der Waals surface area (Å²) in [7, 11) is 0. The predicted octanol–water partition coefficient (Wildman–Crippen LogP) is 5.27. The van der Waals surface area contributed by atoms with Crippen molar-refractivity contribution in [3.8, 4) is 5.75 Å². The topological polar surface area (TPSA) is 43.4 Å². The predicted molar refractivity (Wildman–Crippen MR) is 117 cm³/mol. The zero-order valence-electron chi connectivity index (χ0n) is 17.5. The van der Waals surface area contributed by atoms with E-state index in [9.17, 15) is 0 Å². The summed E-state index contributed by atoms with van der Waals surface area (Å²) in [5.74, 6) is 0.858. The van der Waals surface area contributed by atoms with Crippen LogP contribution in [-0.2, 0) is 31.0 Å². The molecule has 3 aromatic rings. The van der Waals surface area contributed by atoms with Gasteiger partial charge in [0.05, 0.1) is 17.9 Å². The number of rotatable bonds is 9. The van der Waals surface area contributed by atoms with Crippen molar-refractivity contribution in [3.05, 3.63) is 95.3 Å². The molecule has 1 N–H and O–H groups in total. The maximum atomic E-state index is 5.87. The van der Waals surface area contributed by atoms with Gasteiger partial charge in [0.2, 0.25) is 0 Å². The lowest BCUT2D eigenvalue weighted by molar-refractivity contribution is -0.0149. The third-order valence-corrected chi connectivity index (χ3v) is 4.33. The Balaban J connectivity index is 1.48. The molecule has 0 atom stereocenters. The highest BCUT2D eigenvalue weighted by molar-refractivity contribution is 5.29. The van der Waals surface area contributed by atoms with E-state index in [2.05, 4.69) is 67.5 Å². The van der Waals surface area contributed by atoms with Crippen LogP contribution >= 0.6 is 0 Å². The Kier molecular flexibility index (Phi) is 7.39. The number of pyridine rings is 1. The highest BCUT2D eigenvalue weighted by atomic mass is 16.5. The minimum absolute atomic E-state index is 0.127. The van der Waals surface area contributed by atoms with Crippen molar-refractivity contribution in [2.75, 3.05) is 0 Å². The lowest BCUT2D eigenvalue weighted by atomic mass is 10.1. The summed E-state index contributed by atoms with van der Waals surface area (Å²) in [6.07, 6.45) is 1.78. The molecule has 1 heterocycles. The molecule has 0 bridgehead atoms. The molecule has 0 saturated carbocycles. The summed E-state index contributed by atoms with van der Waals surface area (Å²) in [5, 5.41) is 3.51. The van der Waals surface area contributed by atoms with E-state index < -0.39 is 0 Å². The van der Waals surface area contributed by atoms with Crippen LogP contribution in [0.15, 0.2) is 72.9 Å². The highest BCUT2D eigenvalue weighted by Gasteiger charge is 2.10. The summed E-state index contributed by atoms with van der Waals surface area (Å²) in [6.45, 7) is 8.92. The third-order valence-electron chi connectivity index (χ3n) is 4.33. The van der Waals surface area contributed by atoms with Crippen LogP contribution < -0.4 is 10.1 Å². The van der Waals surface area contributed by atoms with Gasteiger partial charge in [-0.05, 0) is 61.7 Å². The zero-order valence-corrected chi connectivity index (χ0v) is 17.5. The van der Waals surface area contributed by atoms with Gasteiger partial charge in [-0.15, -0.1) is 0 Å². The first-order chi connectivity index (χ1) is 14.0. The molecule has 0 fully saturated rings. The van der Waals surface area contributed by atoms with Crippen molar-refractivity contribution in [1.29, 1.82) is 0 Å². The van der Waals surface area contributed by atoms with Crippen LogP contribution in [-0.4, -0.2) is 10.6 Å². The second-order valence-corrected chi connectivity index (χ2v) is 8.08. The van der Waals surface area contributed by atoms with Crippen LogP contribution in [0.25, 0.3) is 0 Å². The maximum Gasteiger partial charge on any atom is 0.130 e. The molecule has 4 nitrogen and oxygen atoms in total. The number of nitrogens with one attached hydrogen (secondary N) is 1. The third kappa shape index (κ3) is 7.68. The second kappa shape index (κ2) is 10.2. The number of hydrogen-bond donors (Lipinski definition) is 1. The molecule has 2 aromatic carbocycles. The molecule has 4 heteroatoms. The molecular formula is C25H30N2O2. The average Bonchev–Trinajstić information content (AvgIpc) is 2.72. The minimum Gasteiger partial charge on any atom is -0.487 e. The van der Waals surface area contributed by atoms with Crippen molar-refractivity contribution in [3.63, 3.8) is 0 Å². The molecule has 152 valence electrons. The molecule has 3 rings (SSSR count). The largest absolute Gasteiger partial charge is 0.487 e. The van der Waals surface area contributed by atoms with E-state index in [1.807, 2.05) is 30.3 Å². The molecule has 0 unspecified atom stereocenters. The quantitative estimate of drug-likeness (QED) is 0.541. The molecule has 0 radical (unpaired) electrons. The maximum absolute atomic E-state index is 5.87. The molecular weight excluding hydrogens is 360 g/mol. The number of ether oxygens (including phenoxy) is 2. The van der Waals surface area contributed by atoms with Crippen molar-refractivity contribution in [2.45, 2.75) is 52.7 Å². The SMILES string of the molecule is CC(C)(C)OCc1cccc(CNCc2cccc(OCc3ccccn3)c2)c1. The van der Waals surface area contributed by atoms with E-state index in [1.54, 1.807) is 6.20 Å². The van der Waals surface area contributed by atoms with Gasteiger partial charge >= 0.3 is 0 Å². The first-order valence-electron chi connectivity index (χ1n) is 10.0. The summed E-state index contributed by atoms with van der Waals surface area (Å²) in [4.78, 5) is 4.29. The molecule has 0 aliphatic carbocycles. The molecule has 0 spiro atoms. The number of hydrogen-bond acceptors (Lipinski definition) is 4. The van der Waals surface area contributed by atoms with Crippen LogP contribution in [0.4, 0.5) is 0 Å². The van der Waals surface area contributed by atoms with Crippen molar-refractivity contribution in [2.24, 2.45) is 0 Å². The Labute approximate surface area is 173 Å². The van der Waals surface area contributed by atoms with Gasteiger partial charge in [0, 0.05) is 19.3 Å². The Bertz CT molecular complexity index is 889. The second-order valence-electron chi connectivity index (χ2n) is 8.08. The summed E-state index contributed by atoms with van der Waals surface area (Å²) < 4.78 is 11.7. The van der Waals surface area contributed by atoms with Crippen LogP contribution in [0.2, 0.25) is 0 Å². The average molecular weight is 391 g/mol. The van der Waals surface area contributed by atoms with Crippen molar-refractivity contribution in [1.82, 2.24) is 10.3 Å². The van der Waals surface area contributed by atoms with Gasteiger partial charge in [0.1, 0.15) is 12.4 Å². The van der Waals surface area contributed by atoms with E-state index in [0.717, 1.165) is 24.5 Å². The van der Waals surface area contributed by atoms with E-state index >= 15 is 0 Å². The summed E-state index contributed by atoms with van der Waals surface area (Å²) in [5.41, 5.74) is 4.44. The number of benzene rings is 2. The number of nitrogens with zero attached hydrogens (tertiary/aromatic N) is 1. The van der Waals surface area contributed by atoms with Crippen molar-refractivity contribution >= 4 is 0 Å². The van der Waals surface area contributed by atoms with Gasteiger partial charge in [-0.3, -0.25) is 4.98 Å². The minimum atomic E-state index is -0.127. The molecule has 0 amide bonds. The van der Waals surface area contributed by atoms with Gasteiger partial charge in [-0.2, -0.15) is 0 Å². The van der Waals surface area contributed by atoms with E-state index in [0.29, 0.717) is 13.2 Å². The van der Waals surface area contributed by atoms with E-state index in [1.165, 1.54) is 16.7 Å². The molecule has 1 aromatic heterocycles. The molecule has 0 aliphatic rings. The first kappa shape index (κ1) is 21.0. The smallest absolute Gasteiger partial charge is 0.130 e. The molecule has 29 heavy (non-hydrogen) atoms. The Hall–Kier alpha value is -2.69. The van der Waals surface area contributed by atoms with E-state index in [4.69, 9.17) is 9.47 Å². The van der Waals surface area contributed by atoms with Gasteiger partial charge in [0.15, 0.2) is 0 Å². The van der Waals surface area contributed by atoms with Gasteiger partial charge < -0.3 is 14.8 Å². The summed E-state index contributed by atoms with van der Waals surface area (Å²) in [6, 6.07) is 22.6. The lowest BCUT2D eigenvalue weighted by Gasteiger charge is -2.19. The fraction of sp³-hybridized carbons (Fsp3) is 0.320. The fourth-order valence-corrected chi connectivity index (χ4v) is 2.87. The van der Waals surface area contributed by atoms with Gasteiger partial charge in [-0.1, -0.05) is 42.5 Å². The van der Waals surface area contributed by atoms with Crippen LogP contribution in [0.5, 0.6) is 5.75 Å². The standard InChI is InChI=1S/C25H30N2O2/c1-25(2,3)29-18-22-10-6-8-20(14-22)16-26-17-21-9-7-12-24(15-21)28-19-23-11-4-5-13-27-23/h4-15,26H,16-19H2,1-3H3. The van der Waals surface area contributed by atoms with Crippen LogP contribution in [0, 0.1) is 0 Å². The highest BCUT2D eigenvalue weighted by Crippen LogP contribution is 2.16. The molecule has 0 aliphatic heterocycles. The lowest BCUT2D eigenvalue weighted by Crippen LogP contribution is -2.18. The first-order valence-corrected chi connectivity index (χ1v) is 10.0. The zero-order chi connectivity index (χ0) is 20.5. The summed E-state index contributed by atoms with van der Waals surface area (Å²) >= 11 is 0. The normalized spacial score (nSPS) is 11.4. The van der Waals surface area contributed by atoms with E-state index in [-0.39, 0.29) is 5.60 Å². The Morgan fingerprint density at radius 3 is 2.24 bits per heavy atom. The van der Waals surface area contributed by atoms with Crippen LogP contribution in [0.1, 0.15) is 43.2 Å². The fourth-order valence-electron chi connectivity index (χ4n) is 2.87. The van der Waals surface area contributed by atoms with Gasteiger partial charge in [-0.25, -0.2) is 0 Å². The van der Waals surface area contributed by atoms with Gasteiger partial charge in [0.25, 0.3) is 0 Å². The monoisotopic (exact) mass is 390 g/mol. The van der Waals surface area contributed by atoms with Crippen LogP contribution in [0.3, 0.4) is 0 Å². The Morgan fingerprint density at radius 1 is 0.793 bits per heavy atom. The molecule has 0 saturated heterocycles. The number of aromatic nitrogens is 1. The Morgan fingerprint density at radius 2 is 1.52 bits per heavy atom. The van der Waals surface area contributed by atoms with Crippen molar-refractivity contribution < 1.29 is 9.47 Å².